The summed E-state index contributed by atoms with van der Waals surface area (Å²) in [6, 6.07) is 0. The van der Waals surface area contributed by atoms with Gasteiger partial charge in [0, 0.05) is 19.3 Å². The Morgan fingerprint density at radius 3 is 1.11 bits per heavy atom. The molecule has 6 nitrogen and oxygen atoms in total. The van der Waals surface area contributed by atoms with E-state index in [1.165, 1.54) is 32.1 Å². The van der Waals surface area contributed by atoms with Crippen LogP contribution in [0.15, 0.2) is 72.9 Å². The molecule has 320 valence electrons. The molecule has 0 radical (unpaired) electrons. The van der Waals surface area contributed by atoms with E-state index < -0.39 is 6.10 Å². The summed E-state index contributed by atoms with van der Waals surface area (Å²) < 4.78 is 16.7. The van der Waals surface area contributed by atoms with Crippen molar-refractivity contribution >= 4 is 17.9 Å². The third-order valence-electron chi connectivity index (χ3n) is 9.43. The zero-order chi connectivity index (χ0) is 40.8. The normalized spacial score (nSPS) is 12.7. The molecule has 0 aromatic carbocycles. The molecule has 1 unspecified atom stereocenters. The molecule has 56 heavy (non-hydrogen) atoms. The Morgan fingerprint density at radius 2 is 0.696 bits per heavy atom. The molecule has 0 N–H and O–H groups in total. The van der Waals surface area contributed by atoms with Crippen molar-refractivity contribution in [3.63, 3.8) is 0 Å². The van der Waals surface area contributed by atoms with Gasteiger partial charge in [0.1, 0.15) is 13.2 Å². The van der Waals surface area contributed by atoms with E-state index in [-0.39, 0.29) is 31.1 Å². The molecule has 0 bridgehead atoms. The van der Waals surface area contributed by atoms with E-state index in [2.05, 4.69) is 93.7 Å². The number of esters is 3. The maximum absolute atomic E-state index is 12.7. The van der Waals surface area contributed by atoms with E-state index in [1.54, 1.807) is 0 Å². The third-order valence-corrected chi connectivity index (χ3v) is 9.43. The van der Waals surface area contributed by atoms with Gasteiger partial charge in [0.25, 0.3) is 0 Å². The molecule has 0 fully saturated rings. The highest BCUT2D eigenvalue weighted by Crippen LogP contribution is 2.13. The fourth-order valence-electron chi connectivity index (χ4n) is 6.00. The maximum Gasteiger partial charge on any atom is 0.306 e. The Kier molecular flexibility index (Phi) is 42.1. The van der Waals surface area contributed by atoms with Crippen molar-refractivity contribution in [1.82, 2.24) is 0 Å². The van der Waals surface area contributed by atoms with Crippen molar-refractivity contribution in [1.29, 1.82) is 0 Å². The van der Waals surface area contributed by atoms with Crippen molar-refractivity contribution in [2.45, 2.75) is 213 Å². The van der Waals surface area contributed by atoms with E-state index in [0.717, 1.165) is 135 Å². The molecule has 0 spiro atoms. The van der Waals surface area contributed by atoms with Gasteiger partial charge in [-0.2, -0.15) is 0 Å². The fraction of sp³-hybridized carbons (Fsp3) is 0.700. The van der Waals surface area contributed by atoms with Crippen molar-refractivity contribution in [2.24, 2.45) is 0 Å². The number of rotatable bonds is 40. The lowest BCUT2D eigenvalue weighted by atomic mass is 10.1. The first-order valence-electron chi connectivity index (χ1n) is 22.9. The highest BCUT2D eigenvalue weighted by atomic mass is 16.6. The summed E-state index contributed by atoms with van der Waals surface area (Å²) >= 11 is 0. The molecule has 0 amide bonds. The van der Waals surface area contributed by atoms with E-state index >= 15 is 0 Å². The number of hydrogen-bond acceptors (Lipinski definition) is 6. The van der Waals surface area contributed by atoms with Crippen LogP contribution in [0.1, 0.15) is 207 Å². The minimum atomic E-state index is -0.790. The van der Waals surface area contributed by atoms with Crippen LogP contribution < -0.4 is 0 Å². The highest BCUT2D eigenvalue weighted by Gasteiger charge is 2.19. The molecule has 0 aromatic rings. The predicted molar refractivity (Wildman–Crippen MR) is 238 cm³/mol. The largest absolute Gasteiger partial charge is 0.462 e. The lowest BCUT2D eigenvalue weighted by molar-refractivity contribution is -0.167. The second-order valence-electron chi connectivity index (χ2n) is 14.9. The van der Waals surface area contributed by atoms with Gasteiger partial charge in [-0.05, 0) is 96.3 Å². The number of allylic oxidation sites excluding steroid dienone is 12. The van der Waals surface area contributed by atoms with Gasteiger partial charge in [-0.3, -0.25) is 14.4 Å². The van der Waals surface area contributed by atoms with Crippen LogP contribution in [0.3, 0.4) is 0 Å². The minimum absolute atomic E-state index is 0.0926. The second kappa shape index (κ2) is 44.6. The summed E-state index contributed by atoms with van der Waals surface area (Å²) in [6.07, 6.45) is 54.6. The third kappa shape index (κ3) is 42.0. The lowest BCUT2D eigenvalue weighted by Crippen LogP contribution is -2.30. The number of carbonyl (C=O) groups is 3. The molecule has 6 heteroatoms. The van der Waals surface area contributed by atoms with Gasteiger partial charge < -0.3 is 14.2 Å². The average Bonchev–Trinajstić information content (AvgIpc) is 3.19. The van der Waals surface area contributed by atoms with Crippen molar-refractivity contribution in [2.75, 3.05) is 13.2 Å². The molecule has 0 saturated carbocycles. The topological polar surface area (TPSA) is 78.9 Å². The number of unbranched alkanes of at least 4 members (excludes halogenated alkanes) is 17. The minimum Gasteiger partial charge on any atom is -0.462 e. The standard InChI is InChI=1S/C50H84O6/c1-4-7-10-13-16-19-22-24-25-26-27-29-31-34-37-40-43-49(52)55-46-47(45-54-48(51)42-39-36-33-30-21-18-15-12-9-6-3)56-50(53)44-41-38-35-32-28-23-20-17-14-11-8-5-2/h7-8,10-11,15-20,24-25,47H,4-6,9,12-14,21-23,26-46H2,1-3H3/b10-7-,11-8-,18-15-,19-16-,20-17-,25-24-. The Bertz CT molecular complexity index is 1080. The summed E-state index contributed by atoms with van der Waals surface area (Å²) in [5.41, 5.74) is 0. The molecule has 0 saturated heterocycles. The molecular formula is C50H84O6. The van der Waals surface area contributed by atoms with Gasteiger partial charge in [-0.1, -0.05) is 164 Å². The predicted octanol–water partition coefficient (Wildman–Crippen LogP) is 14.7. The van der Waals surface area contributed by atoms with Crippen molar-refractivity contribution in [3.05, 3.63) is 72.9 Å². The Morgan fingerprint density at radius 1 is 0.375 bits per heavy atom. The van der Waals surface area contributed by atoms with E-state index in [9.17, 15) is 14.4 Å². The molecule has 0 aromatic heterocycles. The second-order valence-corrected chi connectivity index (χ2v) is 14.9. The number of carbonyl (C=O) groups excluding carboxylic acids is 3. The molecule has 0 aliphatic rings. The molecular weight excluding hydrogens is 697 g/mol. The summed E-state index contributed by atoms with van der Waals surface area (Å²) in [5.74, 6) is -0.939. The van der Waals surface area contributed by atoms with Gasteiger partial charge in [0.15, 0.2) is 6.10 Å². The zero-order valence-corrected chi connectivity index (χ0v) is 36.4. The molecule has 0 rings (SSSR count). The first-order chi connectivity index (χ1) is 27.5. The fourth-order valence-corrected chi connectivity index (χ4v) is 6.00. The van der Waals surface area contributed by atoms with Gasteiger partial charge in [-0.15, -0.1) is 0 Å². The first-order valence-corrected chi connectivity index (χ1v) is 22.9. The van der Waals surface area contributed by atoms with Gasteiger partial charge in [0.2, 0.25) is 0 Å². The Labute approximate surface area is 344 Å². The highest BCUT2D eigenvalue weighted by molar-refractivity contribution is 5.71. The summed E-state index contributed by atoms with van der Waals surface area (Å²) in [4.78, 5) is 37.7. The average molecular weight is 781 g/mol. The first kappa shape index (κ1) is 52.9. The van der Waals surface area contributed by atoms with Crippen LogP contribution in [0.5, 0.6) is 0 Å². The van der Waals surface area contributed by atoms with Crippen LogP contribution in [0, 0.1) is 0 Å². The van der Waals surface area contributed by atoms with Crippen LogP contribution >= 0.6 is 0 Å². The summed E-state index contributed by atoms with van der Waals surface area (Å²) in [7, 11) is 0. The zero-order valence-electron chi connectivity index (χ0n) is 36.4. The lowest BCUT2D eigenvalue weighted by Gasteiger charge is -2.18. The molecule has 0 aliphatic carbocycles. The summed E-state index contributed by atoms with van der Waals surface area (Å²) in [6.45, 7) is 6.32. The molecule has 1 atom stereocenters. The van der Waals surface area contributed by atoms with Crippen LogP contribution in [0.2, 0.25) is 0 Å². The molecule has 0 heterocycles. The van der Waals surface area contributed by atoms with Crippen LogP contribution in [-0.2, 0) is 28.6 Å². The maximum atomic E-state index is 12.7. The van der Waals surface area contributed by atoms with Crippen molar-refractivity contribution in [3.8, 4) is 0 Å². The van der Waals surface area contributed by atoms with Crippen LogP contribution in [0.25, 0.3) is 0 Å². The van der Waals surface area contributed by atoms with E-state index in [1.807, 2.05) is 0 Å². The SMILES string of the molecule is CC/C=C\C/C=C\C/C=C\CCCCCCCCC(=O)OCC(COC(=O)CCCCCC/C=C\CCCC)OC(=O)CCCCCCC/C=C\C/C=C\CC. The van der Waals surface area contributed by atoms with Gasteiger partial charge in [-0.25, -0.2) is 0 Å². The number of ether oxygens (including phenoxy) is 3. The number of hydrogen-bond donors (Lipinski definition) is 0. The molecule has 0 aliphatic heterocycles. The van der Waals surface area contributed by atoms with Crippen molar-refractivity contribution < 1.29 is 28.6 Å². The van der Waals surface area contributed by atoms with Gasteiger partial charge >= 0.3 is 17.9 Å². The van der Waals surface area contributed by atoms with Crippen LogP contribution in [-0.4, -0.2) is 37.2 Å². The quantitative estimate of drug-likeness (QED) is 0.0267. The van der Waals surface area contributed by atoms with E-state index in [0.29, 0.717) is 19.3 Å². The Hall–Kier alpha value is -3.15. The van der Waals surface area contributed by atoms with Gasteiger partial charge in [0.05, 0.1) is 0 Å². The van der Waals surface area contributed by atoms with Crippen LogP contribution in [0.4, 0.5) is 0 Å². The van der Waals surface area contributed by atoms with E-state index in [4.69, 9.17) is 14.2 Å². The smallest absolute Gasteiger partial charge is 0.306 e. The monoisotopic (exact) mass is 781 g/mol. The summed E-state index contributed by atoms with van der Waals surface area (Å²) in [5, 5.41) is 0. The Balaban J connectivity index is 4.41.